The van der Waals surface area contributed by atoms with Gasteiger partial charge in [-0.05, 0) is 37.3 Å². The summed E-state index contributed by atoms with van der Waals surface area (Å²) >= 11 is 1.44. The van der Waals surface area contributed by atoms with E-state index in [2.05, 4.69) is 5.32 Å². The van der Waals surface area contributed by atoms with Crippen LogP contribution in [-0.4, -0.2) is 37.5 Å². The molecule has 1 amide bonds. The predicted octanol–water partition coefficient (Wildman–Crippen LogP) is 3.76. The van der Waals surface area contributed by atoms with Crippen LogP contribution >= 0.6 is 11.8 Å². The van der Waals surface area contributed by atoms with E-state index in [4.69, 9.17) is 0 Å². The lowest BCUT2D eigenvalue weighted by Gasteiger charge is -2.18. The molecule has 5 nitrogen and oxygen atoms in total. The minimum Gasteiger partial charge on any atom is -0.325 e. The predicted molar refractivity (Wildman–Crippen MR) is 107 cm³/mol. The van der Waals surface area contributed by atoms with Gasteiger partial charge in [-0.1, -0.05) is 37.6 Å². The van der Waals surface area contributed by atoms with Crippen molar-refractivity contribution in [2.75, 3.05) is 24.2 Å². The highest BCUT2D eigenvalue weighted by Gasteiger charge is 2.21. The van der Waals surface area contributed by atoms with Crippen LogP contribution in [0.15, 0.2) is 58.3 Å². The van der Waals surface area contributed by atoms with Crippen molar-refractivity contribution in [2.24, 2.45) is 0 Å². The van der Waals surface area contributed by atoms with E-state index in [1.54, 1.807) is 32.0 Å². The van der Waals surface area contributed by atoms with Crippen LogP contribution in [0.3, 0.4) is 0 Å². The lowest BCUT2D eigenvalue weighted by Crippen LogP contribution is -2.30. The standard InChI is InChI=1S/C19H24N2O3S2/c1-4-21(5-2)26(23,24)18-8-6-7-16(13-18)20-19(22)14-25-17-11-9-15(3)10-12-17/h6-13H,4-5,14H2,1-3H3,(H,20,22). The Kier molecular flexibility index (Phi) is 7.25. The summed E-state index contributed by atoms with van der Waals surface area (Å²) < 4.78 is 26.5. The SMILES string of the molecule is CCN(CC)S(=O)(=O)c1cccc(NC(=O)CSc2ccc(C)cc2)c1. The zero-order valence-electron chi connectivity index (χ0n) is 15.2. The molecule has 0 spiro atoms. The Hall–Kier alpha value is -1.83. The molecular weight excluding hydrogens is 368 g/mol. The number of aryl methyl sites for hydroxylation is 1. The summed E-state index contributed by atoms with van der Waals surface area (Å²) in [6, 6.07) is 14.3. The summed E-state index contributed by atoms with van der Waals surface area (Å²) in [7, 11) is -3.54. The van der Waals surface area contributed by atoms with Gasteiger partial charge in [0, 0.05) is 23.7 Å². The summed E-state index contributed by atoms with van der Waals surface area (Å²) in [5, 5.41) is 2.77. The smallest absolute Gasteiger partial charge is 0.243 e. The van der Waals surface area contributed by atoms with Gasteiger partial charge in [-0.2, -0.15) is 4.31 Å². The van der Waals surface area contributed by atoms with E-state index < -0.39 is 10.0 Å². The fourth-order valence-corrected chi connectivity index (χ4v) is 4.63. The van der Waals surface area contributed by atoms with E-state index in [1.807, 2.05) is 31.2 Å². The average molecular weight is 393 g/mol. The number of rotatable bonds is 8. The van der Waals surface area contributed by atoms with Crippen molar-refractivity contribution in [3.63, 3.8) is 0 Å². The Morgan fingerprint density at radius 2 is 1.73 bits per heavy atom. The third-order valence-electron chi connectivity index (χ3n) is 3.85. The molecule has 0 saturated heterocycles. The summed E-state index contributed by atoms with van der Waals surface area (Å²) in [4.78, 5) is 13.4. The topological polar surface area (TPSA) is 66.5 Å². The molecule has 2 rings (SSSR count). The highest BCUT2D eigenvalue weighted by molar-refractivity contribution is 8.00. The van der Waals surface area contributed by atoms with Crippen LogP contribution in [0, 0.1) is 6.92 Å². The van der Waals surface area contributed by atoms with E-state index >= 15 is 0 Å². The van der Waals surface area contributed by atoms with Crippen molar-refractivity contribution >= 4 is 33.4 Å². The fraction of sp³-hybridized carbons (Fsp3) is 0.316. The van der Waals surface area contributed by atoms with E-state index in [0.717, 1.165) is 4.90 Å². The van der Waals surface area contributed by atoms with Gasteiger partial charge in [0.05, 0.1) is 10.6 Å². The minimum absolute atomic E-state index is 0.173. The van der Waals surface area contributed by atoms with Crippen molar-refractivity contribution in [3.8, 4) is 0 Å². The third-order valence-corrected chi connectivity index (χ3v) is 6.91. The van der Waals surface area contributed by atoms with E-state index in [9.17, 15) is 13.2 Å². The molecule has 0 radical (unpaired) electrons. The number of benzene rings is 2. The van der Waals surface area contributed by atoms with Gasteiger partial charge in [-0.3, -0.25) is 4.79 Å². The quantitative estimate of drug-likeness (QED) is 0.695. The number of nitrogens with zero attached hydrogens (tertiary/aromatic N) is 1. The molecule has 2 aromatic carbocycles. The van der Waals surface area contributed by atoms with Crippen LogP contribution in [0.2, 0.25) is 0 Å². The molecule has 0 heterocycles. The maximum absolute atomic E-state index is 12.6. The van der Waals surface area contributed by atoms with Crippen molar-refractivity contribution in [1.29, 1.82) is 0 Å². The first kappa shape index (κ1) is 20.5. The monoisotopic (exact) mass is 392 g/mol. The maximum atomic E-state index is 12.6. The summed E-state index contributed by atoms with van der Waals surface area (Å²) in [5.41, 5.74) is 1.65. The molecule has 0 bridgehead atoms. The van der Waals surface area contributed by atoms with Crippen molar-refractivity contribution in [3.05, 3.63) is 54.1 Å². The second-order valence-electron chi connectivity index (χ2n) is 5.77. The van der Waals surface area contributed by atoms with Crippen molar-refractivity contribution in [2.45, 2.75) is 30.6 Å². The van der Waals surface area contributed by atoms with Crippen LogP contribution in [0.1, 0.15) is 19.4 Å². The molecular formula is C19H24N2O3S2. The number of thioether (sulfide) groups is 1. The van der Waals surface area contributed by atoms with Gasteiger partial charge in [0.25, 0.3) is 0 Å². The van der Waals surface area contributed by atoms with Gasteiger partial charge in [0.15, 0.2) is 0 Å². The fourth-order valence-electron chi connectivity index (χ4n) is 2.43. The lowest BCUT2D eigenvalue weighted by molar-refractivity contribution is -0.113. The molecule has 0 fully saturated rings. The average Bonchev–Trinajstić information content (AvgIpc) is 2.62. The zero-order valence-corrected chi connectivity index (χ0v) is 16.9. The van der Waals surface area contributed by atoms with Gasteiger partial charge in [-0.15, -0.1) is 11.8 Å². The van der Waals surface area contributed by atoms with Crippen molar-refractivity contribution in [1.82, 2.24) is 4.31 Å². The molecule has 26 heavy (non-hydrogen) atoms. The lowest BCUT2D eigenvalue weighted by atomic mass is 10.2. The van der Waals surface area contributed by atoms with Crippen LogP contribution in [0.5, 0.6) is 0 Å². The second-order valence-corrected chi connectivity index (χ2v) is 8.75. The second kappa shape index (κ2) is 9.21. The van der Waals surface area contributed by atoms with Gasteiger partial charge in [0.1, 0.15) is 0 Å². The highest BCUT2D eigenvalue weighted by Crippen LogP contribution is 2.21. The molecule has 0 aliphatic rings. The Bertz CT molecular complexity index is 845. The number of carbonyl (C=O) groups excluding carboxylic acids is 1. The van der Waals surface area contributed by atoms with Crippen LogP contribution in [-0.2, 0) is 14.8 Å². The first-order valence-corrected chi connectivity index (χ1v) is 10.9. The summed E-state index contributed by atoms with van der Waals surface area (Å²) in [5.74, 6) is 0.0868. The molecule has 0 aromatic heterocycles. The molecule has 0 saturated carbocycles. The number of hydrogen-bond donors (Lipinski definition) is 1. The Labute approximate surface area is 159 Å². The molecule has 0 aliphatic carbocycles. The first-order chi connectivity index (χ1) is 12.4. The van der Waals surface area contributed by atoms with Gasteiger partial charge in [0.2, 0.25) is 15.9 Å². The Balaban J connectivity index is 2.03. The van der Waals surface area contributed by atoms with Crippen molar-refractivity contribution < 1.29 is 13.2 Å². The Morgan fingerprint density at radius 1 is 1.08 bits per heavy atom. The molecule has 1 N–H and O–H groups in total. The zero-order chi connectivity index (χ0) is 19.2. The largest absolute Gasteiger partial charge is 0.325 e. The molecule has 0 unspecified atom stereocenters. The van der Waals surface area contributed by atoms with E-state index in [0.29, 0.717) is 18.8 Å². The van der Waals surface area contributed by atoms with Crippen LogP contribution < -0.4 is 5.32 Å². The molecule has 7 heteroatoms. The first-order valence-electron chi connectivity index (χ1n) is 8.46. The van der Waals surface area contributed by atoms with Gasteiger partial charge < -0.3 is 5.32 Å². The molecule has 0 aliphatic heterocycles. The number of nitrogens with one attached hydrogen (secondary N) is 1. The molecule has 2 aromatic rings. The number of amides is 1. The van der Waals surface area contributed by atoms with E-state index in [-0.39, 0.29) is 16.6 Å². The number of carbonyl (C=O) groups is 1. The maximum Gasteiger partial charge on any atom is 0.243 e. The Morgan fingerprint density at radius 3 is 2.35 bits per heavy atom. The number of anilines is 1. The van der Waals surface area contributed by atoms with Gasteiger partial charge >= 0.3 is 0 Å². The normalized spacial score (nSPS) is 11.5. The van der Waals surface area contributed by atoms with Crippen LogP contribution in [0.25, 0.3) is 0 Å². The molecule has 0 atom stereocenters. The van der Waals surface area contributed by atoms with E-state index in [1.165, 1.54) is 27.7 Å². The van der Waals surface area contributed by atoms with Gasteiger partial charge in [-0.25, -0.2) is 8.42 Å². The van der Waals surface area contributed by atoms with Crippen LogP contribution in [0.4, 0.5) is 5.69 Å². The summed E-state index contributed by atoms with van der Waals surface area (Å²) in [6.45, 7) is 6.43. The minimum atomic E-state index is -3.54. The summed E-state index contributed by atoms with van der Waals surface area (Å²) in [6.07, 6.45) is 0. The number of sulfonamides is 1. The highest BCUT2D eigenvalue weighted by atomic mass is 32.2. The number of hydrogen-bond acceptors (Lipinski definition) is 4. The molecule has 140 valence electrons. The third kappa shape index (κ3) is 5.33.